The van der Waals surface area contributed by atoms with Gasteiger partial charge in [-0.15, -0.1) is 11.3 Å². The molecule has 0 saturated carbocycles. The number of anilines is 2. The largest absolute Gasteiger partial charge is 0.396 e. The normalized spacial score (nSPS) is 11.9. The summed E-state index contributed by atoms with van der Waals surface area (Å²) in [6, 6.07) is 3.98. The predicted octanol–water partition coefficient (Wildman–Crippen LogP) is 2.45. The van der Waals surface area contributed by atoms with E-state index in [9.17, 15) is 0 Å². The first-order valence-corrected chi connectivity index (χ1v) is 6.42. The molecule has 92 valence electrons. The van der Waals surface area contributed by atoms with Gasteiger partial charge >= 0.3 is 0 Å². The van der Waals surface area contributed by atoms with Gasteiger partial charge in [-0.05, 0) is 32.4 Å². The van der Waals surface area contributed by atoms with Gasteiger partial charge in [0.1, 0.15) is 5.52 Å². The zero-order valence-corrected chi connectivity index (χ0v) is 10.8. The topological polar surface area (TPSA) is 71.2 Å². The fourth-order valence-electron chi connectivity index (χ4n) is 1.77. The Morgan fingerprint density at radius 2 is 2.24 bits per heavy atom. The molecule has 0 unspecified atom stereocenters. The number of aliphatic hydroxyl groups is 1. The van der Waals surface area contributed by atoms with E-state index in [1.807, 2.05) is 26.0 Å². The maximum Gasteiger partial charge on any atom is 0.106 e. The molecule has 1 aromatic carbocycles. The number of fused-ring (bicyclic) bond motifs is 1. The van der Waals surface area contributed by atoms with Gasteiger partial charge in [0.05, 0.1) is 21.6 Å². The van der Waals surface area contributed by atoms with E-state index in [4.69, 9.17) is 10.8 Å². The molecular formula is C12H17N3OS. The van der Waals surface area contributed by atoms with Crippen LogP contribution < -0.4 is 11.1 Å². The highest BCUT2D eigenvalue weighted by Crippen LogP contribution is 2.32. The molecule has 0 bridgehead atoms. The molecule has 0 aliphatic rings. The first-order valence-electron chi connectivity index (χ1n) is 5.54. The van der Waals surface area contributed by atoms with Crippen LogP contribution in [0.1, 0.15) is 20.3 Å². The van der Waals surface area contributed by atoms with E-state index >= 15 is 0 Å². The van der Waals surface area contributed by atoms with Crippen LogP contribution >= 0.6 is 11.3 Å². The summed E-state index contributed by atoms with van der Waals surface area (Å²) in [4.78, 5) is 4.26. The first kappa shape index (κ1) is 12.1. The van der Waals surface area contributed by atoms with Crippen LogP contribution in [0, 0.1) is 0 Å². The van der Waals surface area contributed by atoms with Crippen molar-refractivity contribution in [3.63, 3.8) is 0 Å². The first-order chi connectivity index (χ1) is 8.03. The molecule has 0 saturated heterocycles. The van der Waals surface area contributed by atoms with Crippen LogP contribution in [0.3, 0.4) is 0 Å². The Morgan fingerprint density at radius 3 is 2.94 bits per heavy atom. The maximum absolute atomic E-state index is 9.01. The number of hydrogen-bond acceptors (Lipinski definition) is 5. The van der Waals surface area contributed by atoms with Gasteiger partial charge in [-0.1, -0.05) is 0 Å². The van der Waals surface area contributed by atoms with Crippen molar-refractivity contribution in [2.45, 2.75) is 25.8 Å². The Hall–Kier alpha value is -1.33. The van der Waals surface area contributed by atoms with Crippen molar-refractivity contribution in [2.24, 2.45) is 0 Å². The summed E-state index contributed by atoms with van der Waals surface area (Å²) in [6.07, 6.45) is 0.668. The second-order valence-electron chi connectivity index (χ2n) is 4.71. The van der Waals surface area contributed by atoms with Crippen molar-refractivity contribution < 1.29 is 5.11 Å². The third-order valence-electron chi connectivity index (χ3n) is 2.75. The molecule has 5 heteroatoms. The van der Waals surface area contributed by atoms with Gasteiger partial charge in [-0.25, -0.2) is 4.98 Å². The smallest absolute Gasteiger partial charge is 0.106 e. The zero-order chi connectivity index (χ0) is 12.5. The number of hydrogen-bond donors (Lipinski definition) is 3. The van der Waals surface area contributed by atoms with Crippen molar-refractivity contribution in [3.05, 3.63) is 17.6 Å². The van der Waals surface area contributed by atoms with E-state index in [2.05, 4.69) is 10.3 Å². The van der Waals surface area contributed by atoms with Crippen molar-refractivity contribution in [3.8, 4) is 0 Å². The number of nitrogens with two attached hydrogens (primary N) is 1. The molecule has 0 fully saturated rings. The highest BCUT2D eigenvalue weighted by Gasteiger charge is 2.18. The van der Waals surface area contributed by atoms with Crippen LogP contribution in [0.2, 0.25) is 0 Å². The minimum Gasteiger partial charge on any atom is -0.396 e. The molecule has 0 amide bonds. The van der Waals surface area contributed by atoms with E-state index in [1.165, 1.54) is 0 Å². The van der Waals surface area contributed by atoms with Crippen LogP contribution in [0.25, 0.3) is 10.2 Å². The molecule has 0 aliphatic carbocycles. The number of nitrogen functional groups attached to an aromatic ring is 1. The van der Waals surface area contributed by atoms with Gasteiger partial charge in [0, 0.05) is 12.1 Å². The van der Waals surface area contributed by atoms with Gasteiger partial charge in [0.25, 0.3) is 0 Å². The minimum atomic E-state index is -0.188. The van der Waals surface area contributed by atoms with Crippen LogP contribution in [0.15, 0.2) is 17.6 Å². The average molecular weight is 251 g/mol. The molecule has 2 aromatic rings. The van der Waals surface area contributed by atoms with Crippen LogP contribution in [-0.4, -0.2) is 22.2 Å². The van der Waals surface area contributed by atoms with Gasteiger partial charge in [0.15, 0.2) is 0 Å². The molecular weight excluding hydrogens is 234 g/mol. The molecule has 0 spiro atoms. The minimum absolute atomic E-state index is 0.152. The second kappa shape index (κ2) is 4.50. The SMILES string of the molecule is CC(C)(CCO)Nc1ccc2scnc2c1N. The van der Waals surface area contributed by atoms with Crippen molar-refractivity contribution in [1.29, 1.82) is 0 Å². The molecule has 0 aliphatic heterocycles. The zero-order valence-electron chi connectivity index (χ0n) is 10.0. The van der Waals surface area contributed by atoms with Crippen molar-refractivity contribution >= 4 is 32.9 Å². The highest BCUT2D eigenvalue weighted by molar-refractivity contribution is 7.16. The van der Waals surface area contributed by atoms with E-state index in [1.54, 1.807) is 16.8 Å². The number of rotatable bonds is 4. The van der Waals surface area contributed by atoms with Crippen LogP contribution in [-0.2, 0) is 0 Å². The quantitative estimate of drug-likeness (QED) is 0.730. The van der Waals surface area contributed by atoms with Gasteiger partial charge in [-0.3, -0.25) is 0 Å². The average Bonchev–Trinajstić information content (AvgIpc) is 2.70. The highest BCUT2D eigenvalue weighted by atomic mass is 32.1. The summed E-state index contributed by atoms with van der Waals surface area (Å²) in [5, 5.41) is 12.4. The van der Waals surface area contributed by atoms with Crippen LogP contribution in [0.4, 0.5) is 11.4 Å². The Bertz CT molecular complexity index is 521. The molecule has 1 heterocycles. The van der Waals surface area contributed by atoms with Gasteiger partial charge in [-0.2, -0.15) is 0 Å². The summed E-state index contributed by atoms with van der Waals surface area (Å²) < 4.78 is 1.09. The molecule has 0 radical (unpaired) electrons. The van der Waals surface area contributed by atoms with Crippen LogP contribution in [0.5, 0.6) is 0 Å². The number of nitrogens with zero attached hydrogens (tertiary/aromatic N) is 1. The molecule has 17 heavy (non-hydrogen) atoms. The summed E-state index contributed by atoms with van der Waals surface area (Å²) in [5.74, 6) is 0. The summed E-state index contributed by atoms with van der Waals surface area (Å²) in [7, 11) is 0. The van der Waals surface area contributed by atoms with Gasteiger partial charge in [0.2, 0.25) is 0 Å². The summed E-state index contributed by atoms with van der Waals surface area (Å²) in [5.41, 5.74) is 10.1. The van der Waals surface area contributed by atoms with Crippen molar-refractivity contribution in [2.75, 3.05) is 17.7 Å². The van der Waals surface area contributed by atoms with E-state index in [0.717, 1.165) is 15.9 Å². The number of thiazole rings is 1. The predicted molar refractivity (Wildman–Crippen MR) is 73.4 cm³/mol. The number of aliphatic hydroxyl groups excluding tert-OH is 1. The van der Waals surface area contributed by atoms with E-state index in [-0.39, 0.29) is 12.1 Å². The third kappa shape index (κ3) is 2.50. The number of nitrogens with one attached hydrogen (secondary N) is 1. The lowest BCUT2D eigenvalue weighted by Crippen LogP contribution is -2.32. The number of aromatic nitrogens is 1. The second-order valence-corrected chi connectivity index (χ2v) is 5.59. The Balaban J connectivity index is 2.33. The third-order valence-corrected chi connectivity index (χ3v) is 3.55. The Morgan fingerprint density at radius 1 is 1.47 bits per heavy atom. The lowest BCUT2D eigenvalue weighted by molar-refractivity contribution is 0.261. The van der Waals surface area contributed by atoms with E-state index < -0.39 is 0 Å². The molecule has 2 rings (SSSR count). The maximum atomic E-state index is 9.01. The standard InChI is InChI=1S/C12H17N3OS/c1-12(2,5-6-16)15-8-3-4-9-11(10(8)13)14-7-17-9/h3-4,7,15-16H,5-6,13H2,1-2H3. The monoisotopic (exact) mass is 251 g/mol. The molecule has 4 nitrogen and oxygen atoms in total. The fourth-order valence-corrected chi connectivity index (χ4v) is 2.46. The number of benzene rings is 1. The molecule has 1 aromatic heterocycles. The lowest BCUT2D eigenvalue weighted by Gasteiger charge is -2.27. The van der Waals surface area contributed by atoms with Crippen molar-refractivity contribution in [1.82, 2.24) is 4.98 Å². The Kier molecular flexibility index (Phi) is 3.22. The fraction of sp³-hybridized carbons (Fsp3) is 0.417. The Labute approximate surface area is 104 Å². The van der Waals surface area contributed by atoms with Gasteiger partial charge < -0.3 is 16.2 Å². The molecule has 4 N–H and O–H groups in total. The summed E-state index contributed by atoms with van der Waals surface area (Å²) in [6.45, 7) is 4.22. The lowest BCUT2D eigenvalue weighted by atomic mass is 10.0. The molecule has 0 atom stereocenters. The summed E-state index contributed by atoms with van der Waals surface area (Å²) >= 11 is 1.58. The van der Waals surface area contributed by atoms with E-state index in [0.29, 0.717) is 12.1 Å².